The smallest absolute Gasteiger partial charge is 0.284 e. The first-order chi connectivity index (χ1) is 8.45. The van der Waals surface area contributed by atoms with Crippen molar-refractivity contribution in [1.29, 1.82) is 0 Å². The SMILES string of the molecule is NC(=O)c1ccc(NCC(O)CCl)cc1[N+](=O)[O-]. The zero-order chi connectivity index (χ0) is 13.7. The van der Waals surface area contributed by atoms with E-state index in [2.05, 4.69) is 5.32 Å². The first-order valence-electron chi connectivity index (χ1n) is 5.02. The van der Waals surface area contributed by atoms with Crippen molar-refractivity contribution in [3.8, 4) is 0 Å². The number of hydrogen-bond acceptors (Lipinski definition) is 5. The fourth-order valence-electron chi connectivity index (χ4n) is 1.29. The van der Waals surface area contributed by atoms with Crippen LogP contribution in [0, 0.1) is 10.1 Å². The van der Waals surface area contributed by atoms with Gasteiger partial charge in [-0.3, -0.25) is 14.9 Å². The van der Waals surface area contributed by atoms with Gasteiger partial charge in [0.2, 0.25) is 0 Å². The standard InChI is InChI=1S/C10H12ClN3O4/c11-4-7(15)5-13-6-1-2-8(10(12)16)9(3-6)14(17)18/h1-3,7,13,15H,4-5H2,(H2,12,16). The van der Waals surface area contributed by atoms with Crippen molar-refractivity contribution in [3.63, 3.8) is 0 Å². The summed E-state index contributed by atoms with van der Waals surface area (Å²) in [7, 11) is 0. The van der Waals surface area contributed by atoms with Gasteiger partial charge in [-0.05, 0) is 12.1 Å². The summed E-state index contributed by atoms with van der Waals surface area (Å²) in [6, 6.07) is 3.91. The average Bonchev–Trinajstić information content (AvgIpc) is 2.35. The molecule has 0 bridgehead atoms. The second-order valence-corrected chi connectivity index (χ2v) is 3.85. The van der Waals surface area contributed by atoms with Crippen molar-refractivity contribution < 1.29 is 14.8 Å². The van der Waals surface area contributed by atoms with Crippen molar-refractivity contribution in [2.75, 3.05) is 17.7 Å². The van der Waals surface area contributed by atoms with Gasteiger partial charge in [-0.25, -0.2) is 0 Å². The number of nitrogens with two attached hydrogens (primary N) is 1. The number of amides is 1. The number of halogens is 1. The van der Waals surface area contributed by atoms with E-state index >= 15 is 0 Å². The third kappa shape index (κ3) is 3.57. The first-order valence-corrected chi connectivity index (χ1v) is 5.55. The van der Waals surface area contributed by atoms with Gasteiger partial charge in [0.05, 0.1) is 16.9 Å². The summed E-state index contributed by atoms with van der Waals surface area (Å²) in [5, 5.41) is 22.8. The molecule has 0 radical (unpaired) electrons. The third-order valence-corrected chi connectivity index (χ3v) is 2.54. The molecule has 0 aliphatic heterocycles. The molecule has 98 valence electrons. The summed E-state index contributed by atoms with van der Waals surface area (Å²) in [6.07, 6.45) is -0.762. The number of carbonyl (C=O) groups is 1. The molecule has 0 fully saturated rings. The van der Waals surface area contributed by atoms with Gasteiger partial charge in [0.25, 0.3) is 11.6 Å². The number of hydrogen-bond donors (Lipinski definition) is 3. The van der Waals surface area contributed by atoms with Crippen molar-refractivity contribution >= 4 is 28.9 Å². The number of nitrogens with zero attached hydrogens (tertiary/aromatic N) is 1. The Hall–Kier alpha value is -1.86. The van der Waals surface area contributed by atoms with Crippen molar-refractivity contribution in [2.24, 2.45) is 5.73 Å². The van der Waals surface area contributed by atoms with Gasteiger partial charge >= 0.3 is 0 Å². The summed E-state index contributed by atoms with van der Waals surface area (Å²) in [6.45, 7) is 0.149. The minimum absolute atomic E-state index is 0.0501. The number of rotatable bonds is 6. The number of alkyl halides is 1. The lowest BCUT2D eigenvalue weighted by molar-refractivity contribution is -0.385. The zero-order valence-electron chi connectivity index (χ0n) is 9.30. The van der Waals surface area contributed by atoms with Crippen LogP contribution in [0.4, 0.5) is 11.4 Å². The number of nitro groups is 1. The molecular formula is C10H12ClN3O4. The molecule has 0 heterocycles. The molecule has 1 atom stereocenters. The lowest BCUT2D eigenvalue weighted by Gasteiger charge is -2.10. The molecule has 1 rings (SSSR count). The average molecular weight is 274 g/mol. The maximum Gasteiger partial charge on any atom is 0.284 e. The number of benzene rings is 1. The van der Waals surface area contributed by atoms with Crippen LogP contribution in [0.2, 0.25) is 0 Å². The van der Waals surface area contributed by atoms with Crippen LogP contribution < -0.4 is 11.1 Å². The van der Waals surface area contributed by atoms with Crippen molar-refractivity contribution in [1.82, 2.24) is 0 Å². The highest BCUT2D eigenvalue weighted by Gasteiger charge is 2.18. The van der Waals surface area contributed by atoms with Gasteiger partial charge in [0.15, 0.2) is 0 Å². The summed E-state index contributed by atoms with van der Waals surface area (Å²) >= 11 is 5.41. The van der Waals surface area contributed by atoms with E-state index in [1.54, 1.807) is 0 Å². The monoisotopic (exact) mass is 273 g/mol. The fraction of sp³-hybridized carbons (Fsp3) is 0.300. The molecular weight excluding hydrogens is 262 g/mol. The van der Waals surface area contributed by atoms with Gasteiger partial charge in [0.1, 0.15) is 5.56 Å². The Morgan fingerprint density at radius 2 is 2.28 bits per heavy atom. The van der Waals surface area contributed by atoms with Crippen LogP contribution in [-0.2, 0) is 0 Å². The Kier molecular flexibility index (Phi) is 4.87. The minimum Gasteiger partial charge on any atom is -0.390 e. The van der Waals surface area contributed by atoms with E-state index in [1.807, 2.05) is 0 Å². The first kappa shape index (κ1) is 14.2. The molecule has 18 heavy (non-hydrogen) atoms. The highest BCUT2D eigenvalue weighted by atomic mass is 35.5. The van der Waals surface area contributed by atoms with Gasteiger partial charge in [-0.15, -0.1) is 11.6 Å². The molecule has 0 aliphatic carbocycles. The van der Waals surface area contributed by atoms with Crippen LogP contribution in [0.3, 0.4) is 0 Å². The number of aliphatic hydroxyl groups excluding tert-OH is 1. The predicted octanol–water partition coefficient (Wildman–Crippen LogP) is 0.705. The van der Waals surface area contributed by atoms with E-state index < -0.39 is 16.9 Å². The van der Waals surface area contributed by atoms with E-state index in [4.69, 9.17) is 17.3 Å². The van der Waals surface area contributed by atoms with Crippen LogP contribution >= 0.6 is 11.6 Å². The van der Waals surface area contributed by atoms with Gasteiger partial charge in [0, 0.05) is 18.3 Å². The summed E-state index contributed by atoms with van der Waals surface area (Å²) < 4.78 is 0. The quantitative estimate of drug-likeness (QED) is 0.401. The second-order valence-electron chi connectivity index (χ2n) is 3.54. The number of carbonyl (C=O) groups excluding carboxylic acids is 1. The molecule has 1 unspecified atom stereocenters. The number of anilines is 1. The van der Waals surface area contributed by atoms with Gasteiger partial charge in [-0.1, -0.05) is 0 Å². The third-order valence-electron chi connectivity index (χ3n) is 2.18. The van der Waals surface area contributed by atoms with Crippen LogP contribution in [0.5, 0.6) is 0 Å². The molecule has 7 nitrogen and oxygen atoms in total. The lowest BCUT2D eigenvalue weighted by atomic mass is 10.1. The predicted molar refractivity (Wildman–Crippen MR) is 66.8 cm³/mol. The molecule has 4 N–H and O–H groups in total. The van der Waals surface area contributed by atoms with Crippen molar-refractivity contribution in [2.45, 2.75) is 6.10 Å². The van der Waals surface area contributed by atoms with Crippen LogP contribution in [-0.4, -0.2) is 34.5 Å². The molecule has 8 heteroatoms. The van der Waals surface area contributed by atoms with Gasteiger partial charge in [-0.2, -0.15) is 0 Å². The Balaban J connectivity index is 2.93. The Labute approximate surface area is 108 Å². The van der Waals surface area contributed by atoms with E-state index in [1.165, 1.54) is 18.2 Å². The summed E-state index contributed by atoms with van der Waals surface area (Å²) in [5.74, 6) is -0.817. The van der Waals surface area contributed by atoms with E-state index in [0.717, 1.165) is 0 Å². The molecule has 0 spiro atoms. The topological polar surface area (TPSA) is 118 Å². The second kappa shape index (κ2) is 6.18. The normalized spacial score (nSPS) is 11.9. The highest BCUT2D eigenvalue weighted by molar-refractivity contribution is 6.18. The van der Waals surface area contributed by atoms with E-state index in [9.17, 15) is 20.0 Å². The Morgan fingerprint density at radius 3 is 2.78 bits per heavy atom. The number of nitrogens with one attached hydrogen (secondary N) is 1. The molecule has 0 saturated carbocycles. The summed E-state index contributed by atoms with van der Waals surface area (Å²) in [4.78, 5) is 21.1. The van der Waals surface area contributed by atoms with Crippen molar-refractivity contribution in [3.05, 3.63) is 33.9 Å². The van der Waals surface area contributed by atoms with Crippen LogP contribution in [0.15, 0.2) is 18.2 Å². The largest absolute Gasteiger partial charge is 0.390 e. The fourth-order valence-corrected chi connectivity index (χ4v) is 1.40. The number of primary amides is 1. The maximum atomic E-state index is 11.0. The van der Waals surface area contributed by atoms with E-state index in [0.29, 0.717) is 5.69 Å². The summed E-state index contributed by atoms with van der Waals surface area (Å²) in [5.41, 5.74) is 4.88. The molecule has 0 aliphatic rings. The minimum atomic E-state index is -0.867. The Bertz CT molecular complexity index is 466. The molecule has 1 aromatic carbocycles. The molecule has 1 aromatic rings. The lowest BCUT2D eigenvalue weighted by Crippen LogP contribution is -2.21. The number of nitro benzene ring substituents is 1. The van der Waals surface area contributed by atoms with E-state index in [-0.39, 0.29) is 23.7 Å². The number of aliphatic hydroxyl groups is 1. The zero-order valence-corrected chi connectivity index (χ0v) is 10.1. The van der Waals surface area contributed by atoms with Crippen LogP contribution in [0.25, 0.3) is 0 Å². The van der Waals surface area contributed by atoms with Gasteiger partial charge < -0.3 is 16.2 Å². The Morgan fingerprint density at radius 1 is 1.61 bits per heavy atom. The maximum absolute atomic E-state index is 11.0. The molecule has 0 saturated heterocycles. The molecule has 1 amide bonds. The highest BCUT2D eigenvalue weighted by Crippen LogP contribution is 2.22. The van der Waals surface area contributed by atoms with Crippen LogP contribution in [0.1, 0.15) is 10.4 Å². The molecule has 0 aromatic heterocycles.